The Morgan fingerprint density at radius 2 is 1.71 bits per heavy atom. The molecule has 1 saturated heterocycles. The van der Waals surface area contributed by atoms with Crippen molar-refractivity contribution in [2.75, 3.05) is 60.0 Å². The lowest BCUT2D eigenvalue weighted by Gasteiger charge is -2.35. The molecule has 0 bridgehead atoms. The number of ether oxygens (including phenoxy) is 2. The van der Waals surface area contributed by atoms with Crippen molar-refractivity contribution in [3.8, 4) is 17.0 Å². The molecule has 13 heteroatoms. The van der Waals surface area contributed by atoms with Crippen molar-refractivity contribution in [1.82, 2.24) is 44.9 Å². The van der Waals surface area contributed by atoms with Gasteiger partial charge in [0.2, 0.25) is 5.91 Å². The molecule has 56 heavy (non-hydrogen) atoms. The van der Waals surface area contributed by atoms with E-state index in [9.17, 15) is 9.59 Å². The van der Waals surface area contributed by atoms with Crippen LogP contribution in [-0.4, -0.2) is 111 Å². The predicted molar refractivity (Wildman–Crippen MR) is 214 cm³/mol. The number of nitrogens with zero attached hydrogens (tertiary/aromatic N) is 6. The van der Waals surface area contributed by atoms with Crippen molar-refractivity contribution < 1.29 is 19.1 Å². The minimum Gasteiger partial charge on any atom is -0.493 e. The smallest absolute Gasteiger partial charge is 0.318 e. The van der Waals surface area contributed by atoms with Gasteiger partial charge in [0, 0.05) is 79.2 Å². The van der Waals surface area contributed by atoms with Crippen LogP contribution in [0.5, 0.6) is 5.75 Å². The Kier molecular flexibility index (Phi) is 11.0. The van der Waals surface area contributed by atoms with Gasteiger partial charge < -0.3 is 39.5 Å². The predicted octanol–water partition coefficient (Wildman–Crippen LogP) is 5.83. The number of aromatic amines is 2. The van der Waals surface area contributed by atoms with Gasteiger partial charge in [0.1, 0.15) is 42.4 Å². The summed E-state index contributed by atoms with van der Waals surface area (Å²) in [4.78, 5) is 52.3. The number of allylic oxidation sites excluding steroid dienone is 2. The largest absolute Gasteiger partial charge is 0.493 e. The van der Waals surface area contributed by atoms with Gasteiger partial charge in [-0.15, -0.1) is 0 Å². The number of piperazine rings is 1. The summed E-state index contributed by atoms with van der Waals surface area (Å²) in [6, 6.07) is 12.8. The summed E-state index contributed by atoms with van der Waals surface area (Å²) in [5, 5.41) is 3.07. The fourth-order valence-corrected chi connectivity index (χ4v) is 8.29. The lowest BCUT2D eigenvalue weighted by atomic mass is 9.80. The van der Waals surface area contributed by atoms with Crippen molar-refractivity contribution >= 4 is 17.5 Å². The Hall–Kier alpha value is -5.40. The van der Waals surface area contributed by atoms with Crippen LogP contribution in [0.3, 0.4) is 0 Å². The van der Waals surface area contributed by atoms with Crippen molar-refractivity contribution in [1.29, 1.82) is 0 Å². The molecule has 0 spiro atoms. The molecule has 4 aromatic rings. The van der Waals surface area contributed by atoms with Crippen LogP contribution >= 0.6 is 0 Å². The minimum atomic E-state index is -0.814. The quantitative estimate of drug-likeness (QED) is 0.155. The van der Waals surface area contributed by atoms with Crippen molar-refractivity contribution in [3.05, 3.63) is 106 Å². The van der Waals surface area contributed by atoms with Crippen LogP contribution in [0.15, 0.2) is 72.3 Å². The van der Waals surface area contributed by atoms with Gasteiger partial charge >= 0.3 is 6.03 Å². The highest BCUT2D eigenvalue weighted by Crippen LogP contribution is 2.50. The molecule has 3 aliphatic heterocycles. The van der Waals surface area contributed by atoms with Gasteiger partial charge in [0.15, 0.2) is 0 Å². The summed E-state index contributed by atoms with van der Waals surface area (Å²) < 4.78 is 12.9. The Bertz CT molecular complexity index is 2110. The first-order valence-electron chi connectivity index (χ1n) is 20.0. The lowest BCUT2D eigenvalue weighted by molar-refractivity contribution is -0.134. The van der Waals surface area contributed by atoms with E-state index in [-0.39, 0.29) is 17.9 Å². The number of urea groups is 1. The number of imidazole rings is 2. The number of likely N-dealkylation sites (N-methyl/N-ethyl adjacent to an activating group) is 1. The van der Waals surface area contributed by atoms with Gasteiger partial charge in [-0.2, -0.15) is 0 Å². The highest BCUT2D eigenvalue weighted by Gasteiger charge is 2.36. The average molecular weight is 760 g/mol. The third-order valence-electron chi connectivity index (χ3n) is 11.2. The van der Waals surface area contributed by atoms with E-state index in [0.29, 0.717) is 51.6 Å². The van der Waals surface area contributed by atoms with E-state index in [1.807, 2.05) is 42.7 Å². The van der Waals surface area contributed by atoms with E-state index in [4.69, 9.17) is 14.5 Å². The highest BCUT2D eigenvalue weighted by molar-refractivity contribution is 5.90. The SMILES string of the molecule is CCCN(C)Cc1ncc(-c2cc3c4c(c2)OCC2=CC(c5cnc(CN(CCC)C(=O)[C@H](NC(=O)N6CCN(C)CC6)c6ccccc6)[nH]5)CC(=C24)OC3)[nH]1. The van der Waals surface area contributed by atoms with Crippen LogP contribution < -0.4 is 10.1 Å². The zero-order chi connectivity index (χ0) is 38.8. The molecule has 0 radical (unpaired) electrons. The van der Waals surface area contributed by atoms with Crippen molar-refractivity contribution in [3.63, 3.8) is 0 Å². The number of hydrogen-bond donors (Lipinski definition) is 3. The summed E-state index contributed by atoms with van der Waals surface area (Å²) in [7, 11) is 4.17. The van der Waals surface area contributed by atoms with E-state index >= 15 is 0 Å². The maximum absolute atomic E-state index is 14.3. The fraction of sp³-hybridized carbons (Fsp3) is 0.442. The molecule has 1 aliphatic carbocycles. The van der Waals surface area contributed by atoms with Crippen LogP contribution in [0.25, 0.3) is 16.8 Å². The number of benzene rings is 2. The first kappa shape index (κ1) is 37.5. The zero-order valence-corrected chi connectivity index (χ0v) is 32.9. The number of nitrogens with one attached hydrogen (secondary N) is 3. The van der Waals surface area contributed by atoms with Crippen LogP contribution in [0, 0.1) is 0 Å². The molecule has 1 unspecified atom stereocenters. The summed E-state index contributed by atoms with van der Waals surface area (Å²) in [6.07, 6.45) is 8.61. The molecule has 4 aliphatic rings. The third kappa shape index (κ3) is 7.83. The molecule has 2 aromatic carbocycles. The van der Waals surface area contributed by atoms with E-state index in [1.54, 1.807) is 9.80 Å². The summed E-state index contributed by atoms with van der Waals surface area (Å²) in [5.41, 5.74) is 8.21. The average Bonchev–Trinajstić information content (AvgIpc) is 3.89. The first-order chi connectivity index (χ1) is 27.3. The number of aromatic nitrogens is 4. The van der Waals surface area contributed by atoms with Crippen LogP contribution in [-0.2, 0) is 29.2 Å². The van der Waals surface area contributed by atoms with E-state index in [2.05, 4.69) is 76.2 Å². The number of H-pyrrole nitrogens is 2. The fourth-order valence-electron chi connectivity index (χ4n) is 8.29. The lowest BCUT2D eigenvalue weighted by Crippen LogP contribution is -2.53. The first-order valence-corrected chi connectivity index (χ1v) is 20.0. The Morgan fingerprint density at radius 1 is 0.946 bits per heavy atom. The van der Waals surface area contributed by atoms with E-state index in [0.717, 1.165) is 101 Å². The molecule has 5 heterocycles. The molecule has 13 nitrogen and oxygen atoms in total. The van der Waals surface area contributed by atoms with Crippen molar-refractivity contribution in [2.24, 2.45) is 0 Å². The molecule has 2 atom stereocenters. The van der Waals surface area contributed by atoms with Gasteiger partial charge in [0.05, 0.1) is 25.0 Å². The normalized spacial score (nSPS) is 18.2. The summed E-state index contributed by atoms with van der Waals surface area (Å²) >= 11 is 0. The molecule has 3 amide bonds. The Labute approximate surface area is 328 Å². The summed E-state index contributed by atoms with van der Waals surface area (Å²) in [6.45, 7) is 10.6. The molecular formula is C43H53N9O4. The van der Waals surface area contributed by atoms with Gasteiger partial charge in [-0.3, -0.25) is 9.69 Å². The van der Waals surface area contributed by atoms with Gasteiger partial charge in [0.25, 0.3) is 0 Å². The van der Waals surface area contributed by atoms with Gasteiger partial charge in [-0.05, 0) is 56.8 Å². The van der Waals surface area contributed by atoms with Crippen LogP contribution in [0.4, 0.5) is 4.79 Å². The molecule has 294 valence electrons. The molecule has 3 N–H and O–H groups in total. The maximum Gasteiger partial charge on any atom is 0.318 e. The van der Waals surface area contributed by atoms with Gasteiger partial charge in [-0.25, -0.2) is 14.8 Å². The molecule has 8 rings (SSSR count). The Balaban J connectivity index is 0.975. The highest BCUT2D eigenvalue weighted by atomic mass is 16.5. The topological polar surface area (TPSA) is 135 Å². The molecular weight excluding hydrogens is 707 g/mol. The minimum absolute atomic E-state index is 0.0143. The van der Waals surface area contributed by atoms with Crippen molar-refractivity contribution in [2.45, 2.75) is 64.8 Å². The second-order valence-corrected chi connectivity index (χ2v) is 15.5. The van der Waals surface area contributed by atoms with Crippen LogP contribution in [0.1, 0.15) is 79.1 Å². The number of amides is 3. The monoisotopic (exact) mass is 759 g/mol. The third-order valence-corrected chi connectivity index (χ3v) is 11.2. The molecule has 1 fully saturated rings. The standard InChI is InChI=1S/C43H53N9O4/c1-5-12-50(4)24-37-44-22-33(46-37)29-18-31-26-56-36-21-30(19-32-27-55-35(20-29)39(31)40(32)36)34-23-45-38(47-34)25-52(13-6-2)42(53)41(28-10-8-7-9-11-28)48-43(54)51-16-14-49(3)15-17-51/h7-11,18-20,22-23,30,41H,5-6,12-17,21,24-27H2,1-4H3,(H,44,46)(H,45,47)(H,48,54)/t30?,41-/m1/s1. The number of hydrogen-bond acceptors (Lipinski definition) is 8. The summed E-state index contributed by atoms with van der Waals surface area (Å²) in [5.74, 6) is 3.35. The van der Waals surface area contributed by atoms with Crippen LogP contribution in [0.2, 0.25) is 0 Å². The second-order valence-electron chi connectivity index (χ2n) is 15.5. The van der Waals surface area contributed by atoms with E-state index in [1.165, 1.54) is 0 Å². The number of rotatable bonds is 13. The van der Waals surface area contributed by atoms with E-state index < -0.39 is 6.04 Å². The second kappa shape index (κ2) is 16.4. The van der Waals surface area contributed by atoms with Gasteiger partial charge in [-0.1, -0.05) is 50.3 Å². The molecule has 2 aromatic heterocycles. The molecule has 0 saturated carbocycles. The number of carbonyl (C=O) groups is 2. The Morgan fingerprint density at radius 3 is 2.50 bits per heavy atom. The zero-order valence-electron chi connectivity index (χ0n) is 32.9. The maximum atomic E-state index is 14.3. The number of carbonyl (C=O) groups excluding carboxylic acids is 2.